The molecule has 0 spiro atoms. The van der Waals surface area contributed by atoms with Gasteiger partial charge in [-0.1, -0.05) is 6.07 Å². The lowest BCUT2D eigenvalue weighted by Crippen LogP contribution is -2.13. The zero-order valence-electron chi connectivity index (χ0n) is 12.3. The molecule has 0 aromatic heterocycles. The average Bonchev–Trinajstić information content (AvgIpc) is 2.56. The van der Waals surface area contributed by atoms with Crippen LogP contribution in [0.1, 0.15) is 27.6 Å². The van der Waals surface area contributed by atoms with Gasteiger partial charge in [0.25, 0.3) is 11.6 Å². The van der Waals surface area contributed by atoms with Gasteiger partial charge in [-0.3, -0.25) is 19.7 Å². The summed E-state index contributed by atoms with van der Waals surface area (Å²) in [5.41, 5.74) is 0.665. The van der Waals surface area contributed by atoms with Gasteiger partial charge in [0.2, 0.25) is 0 Å². The Balaban J connectivity index is 2.30. The Bertz CT molecular complexity index is 758. The third kappa shape index (κ3) is 3.91. The molecule has 0 aliphatic carbocycles. The maximum absolute atomic E-state index is 12.3. The van der Waals surface area contributed by atoms with Gasteiger partial charge in [0.15, 0.2) is 0 Å². The minimum atomic E-state index is -0.574. The number of aldehydes is 1. The first-order valence-electron chi connectivity index (χ1n) is 6.83. The summed E-state index contributed by atoms with van der Waals surface area (Å²) >= 11 is 0. The number of amides is 1. The number of non-ortho nitro benzene ring substituents is 1. The number of nitrogens with zero attached hydrogens (tertiary/aromatic N) is 1. The fourth-order valence-electron chi connectivity index (χ4n) is 1.96. The van der Waals surface area contributed by atoms with Gasteiger partial charge in [-0.25, -0.2) is 0 Å². The molecule has 7 heteroatoms. The van der Waals surface area contributed by atoms with E-state index in [1.165, 1.54) is 30.3 Å². The van der Waals surface area contributed by atoms with Gasteiger partial charge in [-0.15, -0.1) is 0 Å². The van der Waals surface area contributed by atoms with Crippen LogP contribution >= 0.6 is 0 Å². The van der Waals surface area contributed by atoms with Crippen LogP contribution in [0.5, 0.6) is 5.75 Å². The number of carbonyl (C=O) groups is 2. The van der Waals surface area contributed by atoms with Crippen LogP contribution in [0.15, 0.2) is 42.5 Å². The number of benzene rings is 2. The van der Waals surface area contributed by atoms with Crippen molar-refractivity contribution < 1.29 is 19.2 Å². The summed E-state index contributed by atoms with van der Waals surface area (Å²) in [6.45, 7) is 2.18. The van der Waals surface area contributed by atoms with E-state index in [0.29, 0.717) is 29.9 Å². The highest BCUT2D eigenvalue weighted by molar-refractivity contribution is 6.05. The quantitative estimate of drug-likeness (QED) is 0.502. The Hall–Kier alpha value is -3.22. The van der Waals surface area contributed by atoms with Crippen molar-refractivity contribution in [3.05, 3.63) is 63.7 Å². The average molecular weight is 314 g/mol. The summed E-state index contributed by atoms with van der Waals surface area (Å²) in [6.07, 6.45) is 0.652. The summed E-state index contributed by atoms with van der Waals surface area (Å²) in [6, 6.07) is 10.0. The summed E-state index contributed by atoms with van der Waals surface area (Å²) in [4.78, 5) is 33.3. The van der Waals surface area contributed by atoms with Crippen molar-refractivity contribution in [1.82, 2.24) is 0 Å². The number of ether oxygens (including phenoxy) is 1. The first-order valence-corrected chi connectivity index (χ1v) is 6.83. The van der Waals surface area contributed by atoms with E-state index in [9.17, 15) is 19.7 Å². The molecular weight excluding hydrogens is 300 g/mol. The first-order chi connectivity index (χ1) is 11.0. The highest BCUT2D eigenvalue weighted by Crippen LogP contribution is 2.26. The van der Waals surface area contributed by atoms with Gasteiger partial charge in [-0.05, 0) is 31.2 Å². The molecule has 0 aliphatic heterocycles. The molecule has 2 rings (SSSR count). The number of hydrogen-bond acceptors (Lipinski definition) is 5. The predicted molar refractivity (Wildman–Crippen MR) is 84.0 cm³/mol. The highest BCUT2D eigenvalue weighted by atomic mass is 16.6. The monoisotopic (exact) mass is 314 g/mol. The van der Waals surface area contributed by atoms with Crippen LogP contribution in [-0.2, 0) is 0 Å². The molecule has 0 saturated heterocycles. The van der Waals surface area contributed by atoms with E-state index < -0.39 is 10.8 Å². The topological polar surface area (TPSA) is 98.5 Å². The highest BCUT2D eigenvalue weighted by Gasteiger charge is 2.14. The van der Waals surface area contributed by atoms with Gasteiger partial charge in [0.05, 0.1) is 17.2 Å². The number of hydrogen-bond donors (Lipinski definition) is 1. The summed E-state index contributed by atoms with van der Waals surface area (Å²) < 4.78 is 5.40. The number of nitro benzene ring substituents is 1. The molecule has 1 amide bonds. The lowest BCUT2D eigenvalue weighted by atomic mass is 10.1. The van der Waals surface area contributed by atoms with Crippen molar-refractivity contribution in [2.75, 3.05) is 11.9 Å². The Morgan fingerprint density at radius 3 is 2.74 bits per heavy atom. The minimum absolute atomic E-state index is 0.137. The second-order valence-electron chi connectivity index (χ2n) is 4.57. The molecule has 2 aromatic rings. The largest absolute Gasteiger partial charge is 0.492 e. The van der Waals surface area contributed by atoms with Gasteiger partial charge in [0, 0.05) is 23.3 Å². The summed E-state index contributed by atoms with van der Waals surface area (Å²) in [5.74, 6) is -0.116. The maximum atomic E-state index is 12.3. The number of nitro groups is 1. The smallest absolute Gasteiger partial charge is 0.270 e. The van der Waals surface area contributed by atoms with Gasteiger partial charge < -0.3 is 10.1 Å². The molecule has 0 fully saturated rings. The first kappa shape index (κ1) is 16.2. The van der Waals surface area contributed by atoms with E-state index in [1.807, 2.05) is 0 Å². The number of rotatable bonds is 6. The minimum Gasteiger partial charge on any atom is -0.492 e. The van der Waals surface area contributed by atoms with Crippen molar-refractivity contribution in [3.8, 4) is 5.75 Å². The Morgan fingerprint density at radius 2 is 2.09 bits per heavy atom. The van der Waals surface area contributed by atoms with Crippen molar-refractivity contribution >= 4 is 23.6 Å². The van der Waals surface area contributed by atoms with Gasteiger partial charge >= 0.3 is 0 Å². The van der Waals surface area contributed by atoms with Crippen molar-refractivity contribution in [2.45, 2.75) is 6.92 Å². The zero-order chi connectivity index (χ0) is 16.8. The van der Waals surface area contributed by atoms with E-state index >= 15 is 0 Å². The van der Waals surface area contributed by atoms with Crippen molar-refractivity contribution in [3.63, 3.8) is 0 Å². The summed E-state index contributed by atoms with van der Waals surface area (Å²) in [7, 11) is 0. The van der Waals surface area contributed by atoms with E-state index in [4.69, 9.17) is 4.74 Å². The number of carbonyl (C=O) groups excluding carboxylic acids is 2. The molecule has 0 bridgehead atoms. The molecule has 0 radical (unpaired) electrons. The lowest BCUT2D eigenvalue weighted by Gasteiger charge is -2.12. The van der Waals surface area contributed by atoms with E-state index in [2.05, 4.69) is 5.32 Å². The molecular formula is C16H14N2O5. The molecule has 2 aromatic carbocycles. The Labute approximate surface area is 132 Å². The molecule has 7 nitrogen and oxygen atoms in total. The Kier molecular flexibility index (Phi) is 5.03. The molecule has 0 aliphatic rings. The number of nitrogens with one attached hydrogen (secondary N) is 1. The summed E-state index contributed by atoms with van der Waals surface area (Å²) in [5, 5.41) is 13.4. The van der Waals surface area contributed by atoms with Crippen LogP contribution in [0.4, 0.5) is 11.4 Å². The van der Waals surface area contributed by atoms with Crippen molar-refractivity contribution in [2.24, 2.45) is 0 Å². The van der Waals surface area contributed by atoms with Crippen LogP contribution in [0.3, 0.4) is 0 Å². The second-order valence-corrected chi connectivity index (χ2v) is 4.57. The predicted octanol–water partition coefficient (Wildman–Crippen LogP) is 3.06. The third-order valence-electron chi connectivity index (χ3n) is 3.01. The van der Waals surface area contributed by atoms with Crippen LogP contribution in [0.25, 0.3) is 0 Å². The fraction of sp³-hybridized carbons (Fsp3) is 0.125. The second kappa shape index (κ2) is 7.17. The molecule has 0 atom stereocenters. The molecule has 0 heterocycles. The molecule has 1 N–H and O–H groups in total. The van der Waals surface area contributed by atoms with Gasteiger partial charge in [-0.2, -0.15) is 0 Å². The molecule has 23 heavy (non-hydrogen) atoms. The number of anilines is 1. The molecule has 0 saturated carbocycles. The van der Waals surface area contributed by atoms with E-state index in [1.54, 1.807) is 19.1 Å². The van der Waals surface area contributed by atoms with Gasteiger partial charge in [0.1, 0.15) is 12.0 Å². The Morgan fingerprint density at radius 1 is 1.30 bits per heavy atom. The van der Waals surface area contributed by atoms with Crippen LogP contribution in [0.2, 0.25) is 0 Å². The van der Waals surface area contributed by atoms with E-state index in [-0.39, 0.29) is 11.3 Å². The van der Waals surface area contributed by atoms with Crippen LogP contribution in [0, 0.1) is 10.1 Å². The zero-order valence-corrected chi connectivity index (χ0v) is 12.3. The maximum Gasteiger partial charge on any atom is 0.270 e. The van der Waals surface area contributed by atoms with Crippen LogP contribution in [-0.4, -0.2) is 23.7 Å². The lowest BCUT2D eigenvalue weighted by molar-refractivity contribution is -0.384. The standard InChI is InChI=1S/C16H14N2O5/c1-2-23-15-7-6-11(10-19)8-14(15)17-16(20)12-4-3-5-13(9-12)18(21)22/h3-10H,2H2,1H3,(H,17,20). The van der Waals surface area contributed by atoms with Crippen LogP contribution < -0.4 is 10.1 Å². The SMILES string of the molecule is CCOc1ccc(C=O)cc1NC(=O)c1cccc([N+](=O)[O-])c1. The normalized spacial score (nSPS) is 9.96. The van der Waals surface area contributed by atoms with Crippen molar-refractivity contribution in [1.29, 1.82) is 0 Å². The fourth-order valence-corrected chi connectivity index (χ4v) is 1.96. The molecule has 0 unspecified atom stereocenters. The third-order valence-corrected chi connectivity index (χ3v) is 3.01. The van der Waals surface area contributed by atoms with E-state index in [0.717, 1.165) is 0 Å². The molecule has 118 valence electrons.